The van der Waals surface area contributed by atoms with Gasteiger partial charge < -0.3 is 30.1 Å². The van der Waals surface area contributed by atoms with E-state index in [4.69, 9.17) is 9.47 Å². The lowest BCUT2D eigenvalue weighted by Gasteiger charge is -2.26. The molecule has 3 aromatic rings. The van der Waals surface area contributed by atoms with Crippen LogP contribution in [0.3, 0.4) is 0 Å². The smallest absolute Gasteiger partial charge is 0.270 e. The van der Waals surface area contributed by atoms with Crippen LogP contribution in [-0.4, -0.2) is 71.2 Å². The summed E-state index contributed by atoms with van der Waals surface area (Å²) in [6.45, 7) is 3.45. The van der Waals surface area contributed by atoms with Gasteiger partial charge in [-0.1, -0.05) is 6.07 Å². The standard InChI is InChI=1S/C31H35FN4O6/c1-17(24-9-8-23(41-3)14-28(24)42-18(2)19-4-5-19)34-31(40)27-13-22(37)16-36(27)29(38)15-33-30(39)26-10-6-20-12-21(32)7-11-25(20)35-26/h6-12,14,17-19,22,27,37H,4-5,13,15-16H2,1-3H3,(H,33,39)(H,34,40)/t17-,18+,22-,27+/m1/s1. The van der Waals surface area contributed by atoms with Crippen LogP contribution >= 0.6 is 0 Å². The van der Waals surface area contributed by atoms with Crippen LogP contribution in [0, 0.1) is 11.7 Å². The number of halogens is 1. The van der Waals surface area contributed by atoms with Crippen LogP contribution in [-0.2, 0) is 9.59 Å². The van der Waals surface area contributed by atoms with Crippen LogP contribution in [0.15, 0.2) is 48.5 Å². The maximum atomic E-state index is 13.4. The third kappa shape index (κ3) is 6.62. The van der Waals surface area contributed by atoms with Gasteiger partial charge in [0.2, 0.25) is 11.8 Å². The summed E-state index contributed by atoms with van der Waals surface area (Å²) in [5, 5.41) is 16.4. The Morgan fingerprint density at radius 3 is 2.64 bits per heavy atom. The molecule has 2 heterocycles. The van der Waals surface area contributed by atoms with Crippen LogP contribution in [0.2, 0.25) is 0 Å². The number of likely N-dealkylation sites (tertiary alicyclic amines) is 1. The third-order valence-electron chi connectivity index (χ3n) is 7.83. The Bertz CT molecular complexity index is 1500. The molecule has 0 bridgehead atoms. The van der Waals surface area contributed by atoms with E-state index in [9.17, 15) is 23.9 Å². The van der Waals surface area contributed by atoms with E-state index in [-0.39, 0.29) is 31.3 Å². The van der Waals surface area contributed by atoms with Gasteiger partial charge in [0.05, 0.1) is 37.4 Å². The van der Waals surface area contributed by atoms with Crippen molar-refractivity contribution in [1.29, 1.82) is 0 Å². The van der Waals surface area contributed by atoms with Crippen LogP contribution in [0.5, 0.6) is 11.5 Å². The number of aliphatic hydroxyl groups excluding tert-OH is 1. The number of amides is 3. The number of methoxy groups -OCH3 is 1. The maximum Gasteiger partial charge on any atom is 0.270 e. The molecule has 3 amide bonds. The quantitative estimate of drug-likeness (QED) is 0.337. The average molecular weight is 579 g/mol. The number of nitrogens with one attached hydrogen (secondary N) is 2. The fourth-order valence-corrected chi connectivity index (χ4v) is 5.26. The Kier molecular flexibility index (Phi) is 8.58. The van der Waals surface area contributed by atoms with E-state index in [0.717, 1.165) is 18.4 Å². The molecule has 10 nitrogen and oxygen atoms in total. The largest absolute Gasteiger partial charge is 0.497 e. The topological polar surface area (TPSA) is 130 Å². The van der Waals surface area contributed by atoms with Gasteiger partial charge in [0.1, 0.15) is 29.1 Å². The number of nitrogens with zero attached hydrogens (tertiary/aromatic N) is 2. The molecule has 4 atom stereocenters. The highest BCUT2D eigenvalue weighted by Crippen LogP contribution is 2.37. The van der Waals surface area contributed by atoms with Crippen molar-refractivity contribution in [3.05, 3.63) is 65.6 Å². The van der Waals surface area contributed by atoms with Crippen LogP contribution in [0.1, 0.15) is 55.2 Å². The normalized spacial score (nSPS) is 19.7. The lowest BCUT2D eigenvalue weighted by molar-refractivity contribution is -0.138. The Morgan fingerprint density at radius 1 is 1.12 bits per heavy atom. The Hall–Kier alpha value is -4.25. The molecule has 2 fully saturated rings. The number of benzene rings is 2. The zero-order valence-electron chi connectivity index (χ0n) is 23.8. The molecule has 11 heteroatoms. The van der Waals surface area contributed by atoms with E-state index in [1.54, 1.807) is 25.3 Å². The van der Waals surface area contributed by atoms with Crippen molar-refractivity contribution in [2.45, 2.75) is 57.4 Å². The summed E-state index contributed by atoms with van der Waals surface area (Å²) >= 11 is 0. The zero-order valence-corrected chi connectivity index (χ0v) is 23.8. The zero-order chi connectivity index (χ0) is 30.0. The summed E-state index contributed by atoms with van der Waals surface area (Å²) in [7, 11) is 1.58. The highest BCUT2D eigenvalue weighted by Gasteiger charge is 2.39. The van der Waals surface area contributed by atoms with Crippen LogP contribution < -0.4 is 20.1 Å². The van der Waals surface area contributed by atoms with Gasteiger partial charge in [0.25, 0.3) is 5.91 Å². The molecular formula is C31H35FN4O6. The highest BCUT2D eigenvalue weighted by atomic mass is 19.1. The van der Waals surface area contributed by atoms with Gasteiger partial charge in [-0.05, 0) is 69.0 Å². The molecule has 3 N–H and O–H groups in total. The number of rotatable bonds is 10. The number of ether oxygens (including phenoxy) is 2. The van der Waals surface area contributed by atoms with Crippen molar-refractivity contribution < 1.29 is 33.4 Å². The van der Waals surface area contributed by atoms with Gasteiger partial charge >= 0.3 is 0 Å². The number of carbonyl (C=O) groups excluding carboxylic acids is 3. The van der Waals surface area contributed by atoms with Crippen molar-refractivity contribution in [2.75, 3.05) is 20.2 Å². The second kappa shape index (κ2) is 12.3. The minimum atomic E-state index is -0.909. The predicted molar refractivity (Wildman–Crippen MR) is 153 cm³/mol. The van der Waals surface area contributed by atoms with Gasteiger partial charge in [0.15, 0.2) is 0 Å². The SMILES string of the molecule is COc1ccc([C@@H](C)NC(=O)[C@@H]2C[C@@H](O)CN2C(=O)CNC(=O)c2ccc3cc(F)ccc3n2)c(O[C@@H](C)C2CC2)c1. The average Bonchev–Trinajstić information content (AvgIpc) is 3.76. The van der Waals surface area contributed by atoms with Gasteiger partial charge in [-0.3, -0.25) is 14.4 Å². The monoisotopic (exact) mass is 578 g/mol. The van der Waals surface area contributed by atoms with Gasteiger partial charge in [-0.2, -0.15) is 0 Å². The number of hydrogen-bond donors (Lipinski definition) is 3. The van der Waals surface area contributed by atoms with Crippen LogP contribution in [0.4, 0.5) is 4.39 Å². The van der Waals surface area contributed by atoms with Gasteiger partial charge in [-0.15, -0.1) is 0 Å². The van der Waals surface area contributed by atoms with Crippen molar-refractivity contribution >= 4 is 28.6 Å². The number of aliphatic hydroxyl groups is 1. The first kappa shape index (κ1) is 29.2. The summed E-state index contributed by atoms with van der Waals surface area (Å²) in [6.07, 6.45) is 1.48. The van der Waals surface area contributed by atoms with E-state index in [1.165, 1.54) is 29.2 Å². The lowest BCUT2D eigenvalue weighted by Crippen LogP contribution is -2.49. The van der Waals surface area contributed by atoms with Gasteiger partial charge in [-0.25, -0.2) is 9.37 Å². The molecule has 1 saturated heterocycles. The number of pyridine rings is 1. The molecule has 2 aromatic carbocycles. The van der Waals surface area contributed by atoms with Gasteiger partial charge in [0, 0.05) is 30.0 Å². The number of fused-ring (bicyclic) bond motifs is 1. The number of aromatic nitrogens is 1. The fraction of sp³-hybridized carbons (Fsp3) is 0.419. The maximum absolute atomic E-state index is 13.4. The van der Waals surface area contributed by atoms with E-state index >= 15 is 0 Å². The molecule has 1 saturated carbocycles. The predicted octanol–water partition coefficient (Wildman–Crippen LogP) is 3.13. The summed E-state index contributed by atoms with van der Waals surface area (Å²) in [6, 6.07) is 11.1. The number of β-amino-alcohol motifs (C(OH)–C–C–N with tert-alkyl or cyclic N) is 1. The van der Waals surface area contributed by atoms with E-state index in [0.29, 0.717) is 28.3 Å². The molecule has 1 aromatic heterocycles. The molecule has 0 radical (unpaired) electrons. The van der Waals surface area contributed by atoms with Crippen molar-refractivity contribution in [2.24, 2.45) is 5.92 Å². The molecule has 5 rings (SSSR count). The van der Waals surface area contributed by atoms with Crippen molar-refractivity contribution in [1.82, 2.24) is 20.5 Å². The first-order valence-electron chi connectivity index (χ1n) is 14.1. The molecule has 222 valence electrons. The molecular weight excluding hydrogens is 543 g/mol. The third-order valence-corrected chi connectivity index (χ3v) is 7.83. The second-order valence-electron chi connectivity index (χ2n) is 11.0. The van der Waals surface area contributed by atoms with Crippen molar-refractivity contribution in [3.8, 4) is 11.5 Å². The first-order chi connectivity index (χ1) is 20.1. The lowest BCUT2D eigenvalue weighted by atomic mass is 10.1. The first-order valence-corrected chi connectivity index (χ1v) is 14.1. The molecule has 0 unspecified atom stereocenters. The Balaban J connectivity index is 1.22. The molecule has 2 aliphatic rings. The summed E-state index contributed by atoms with van der Waals surface area (Å²) in [4.78, 5) is 44.7. The molecule has 42 heavy (non-hydrogen) atoms. The van der Waals surface area contributed by atoms with E-state index in [1.807, 2.05) is 19.9 Å². The van der Waals surface area contributed by atoms with E-state index in [2.05, 4.69) is 15.6 Å². The number of carbonyl (C=O) groups is 3. The van der Waals surface area contributed by atoms with E-state index < -0.39 is 41.7 Å². The molecule has 1 aliphatic carbocycles. The van der Waals surface area contributed by atoms with Crippen molar-refractivity contribution in [3.63, 3.8) is 0 Å². The molecule has 1 aliphatic heterocycles. The minimum absolute atomic E-state index is 0.0277. The minimum Gasteiger partial charge on any atom is -0.497 e. The summed E-state index contributed by atoms with van der Waals surface area (Å²) in [5.41, 5.74) is 1.28. The summed E-state index contributed by atoms with van der Waals surface area (Å²) < 4.78 is 25.0. The number of hydrogen-bond acceptors (Lipinski definition) is 7. The fourth-order valence-electron chi connectivity index (χ4n) is 5.26. The Morgan fingerprint density at radius 2 is 1.90 bits per heavy atom. The second-order valence-corrected chi connectivity index (χ2v) is 11.0. The highest BCUT2D eigenvalue weighted by molar-refractivity contribution is 5.97. The molecule has 0 spiro atoms. The Labute approximate surface area is 243 Å². The van der Waals surface area contributed by atoms with Crippen LogP contribution in [0.25, 0.3) is 10.9 Å². The summed E-state index contributed by atoms with van der Waals surface area (Å²) in [5.74, 6) is -0.154.